The van der Waals surface area contributed by atoms with Crippen molar-refractivity contribution in [1.82, 2.24) is 5.32 Å². The van der Waals surface area contributed by atoms with E-state index >= 15 is 0 Å². The first-order valence-electron chi connectivity index (χ1n) is 5.85. The maximum atomic E-state index is 8.81. The molecule has 0 aromatic rings. The molecule has 0 unspecified atom stereocenters. The number of nitrogens with one attached hydrogen (secondary N) is 1. The summed E-state index contributed by atoms with van der Waals surface area (Å²) in [5.74, 6) is 0.240. The van der Waals surface area contributed by atoms with Crippen LogP contribution < -0.4 is 5.32 Å². The van der Waals surface area contributed by atoms with E-state index in [0.29, 0.717) is 13.0 Å². The summed E-state index contributed by atoms with van der Waals surface area (Å²) in [6.45, 7) is 13.0. The van der Waals surface area contributed by atoms with Gasteiger partial charge in [-0.2, -0.15) is 0 Å². The van der Waals surface area contributed by atoms with E-state index in [1.54, 1.807) is 7.11 Å². The second kappa shape index (κ2) is 14.0. The van der Waals surface area contributed by atoms with E-state index in [9.17, 15) is 0 Å². The van der Waals surface area contributed by atoms with Gasteiger partial charge in [-0.05, 0) is 12.8 Å². The van der Waals surface area contributed by atoms with Crippen LogP contribution in [-0.4, -0.2) is 25.4 Å². The number of hydrogen-bond acceptors (Lipinski definition) is 3. The van der Waals surface area contributed by atoms with Crippen molar-refractivity contribution in [2.75, 3.05) is 20.3 Å². The summed E-state index contributed by atoms with van der Waals surface area (Å²) in [6, 6.07) is 0. The Kier molecular flexibility index (Phi) is 15.3. The first kappa shape index (κ1) is 17.4. The highest BCUT2D eigenvalue weighted by molar-refractivity contribution is 4.92. The summed E-state index contributed by atoms with van der Waals surface area (Å²) in [4.78, 5) is 0. The third kappa shape index (κ3) is 18.8. The molecule has 0 heterocycles. The van der Waals surface area contributed by atoms with Crippen LogP contribution in [0.15, 0.2) is 24.6 Å². The lowest BCUT2D eigenvalue weighted by atomic mass is 10.2. The molecule has 0 radical (unpaired) electrons. The van der Waals surface area contributed by atoms with Gasteiger partial charge < -0.3 is 15.2 Å². The molecule has 0 rings (SSSR count). The second-order valence-corrected chi connectivity index (χ2v) is 3.65. The van der Waals surface area contributed by atoms with E-state index in [1.165, 1.54) is 6.42 Å². The van der Waals surface area contributed by atoms with Crippen molar-refractivity contribution in [3.05, 3.63) is 24.6 Å². The fourth-order valence-corrected chi connectivity index (χ4v) is 0.924. The lowest BCUT2D eigenvalue weighted by Crippen LogP contribution is -2.17. The molecule has 0 aromatic heterocycles. The summed E-state index contributed by atoms with van der Waals surface area (Å²) in [5, 5.41) is 11.9. The number of aliphatic hydroxyl groups excluding tert-OH is 1. The molecule has 0 atom stereocenters. The Morgan fingerprint density at radius 1 is 1.25 bits per heavy atom. The molecule has 3 nitrogen and oxygen atoms in total. The molecule has 3 heteroatoms. The molecule has 0 amide bonds. The van der Waals surface area contributed by atoms with Gasteiger partial charge in [-0.25, -0.2) is 0 Å². The summed E-state index contributed by atoms with van der Waals surface area (Å²) in [7, 11) is 1.67. The SMILES string of the molecule is C=C(O)CCCC(=C)NCCOC.CCC. The Labute approximate surface area is 100 Å². The van der Waals surface area contributed by atoms with Gasteiger partial charge in [-0.15, -0.1) is 0 Å². The molecule has 96 valence electrons. The van der Waals surface area contributed by atoms with E-state index < -0.39 is 0 Å². The summed E-state index contributed by atoms with van der Waals surface area (Å²) < 4.78 is 4.88. The highest BCUT2D eigenvalue weighted by Gasteiger charge is 1.94. The molecule has 0 saturated heterocycles. The van der Waals surface area contributed by atoms with Gasteiger partial charge in [0.05, 0.1) is 12.4 Å². The van der Waals surface area contributed by atoms with Crippen molar-refractivity contribution in [3.63, 3.8) is 0 Å². The average Bonchev–Trinajstić information content (AvgIpc) is 2.18. The molecular formula is C13H27NO2. The Bertz CT molecular complexity index is 179. The van der Waals surface area contributed by atoms with Gasteiger partial charge in [0.15, 0.2) is 0 Å². The summed E-state index contributed by atoms with van der Waals surface area (Å²) in [5.41, 5.74) is 0.985. The molecule has 0 saturated carbocycles. The van der Waals surface area contributed by atoms with Crippen molar-refractivity contribution in [3.8, 4) is 0 Å². The number of hydrogen-bond donors (Lipinski definition) is 2. The molecule has 0 aliphatic carbocycles. The van der Waals surface area contributed by atoms with Gasteiger partial charge in [0, 0.05) is 25.8 Å². The zero-order chi connectivity index (χ0) is 12.8. The molecule has 0 aliphatic heterocycles. The van der Waals surface area contributed by atoms with Gasteiger partial charge >= 0.3 is 0 Å². The normalized spacial score (nSPS) is 8.94. The van der Waals surface area contributed by atoms with Crippen molar-refractivity contribution >= 4 is 0 Å². The van der Waals surface area contributed by atoms with Crippen LogP contribution in [0.1, 0.15) is 39.5 Å². The van der Waals surface area contributed by atoms with E-state index in [4.69, 9.17) is 9.84 Å². The molecule has 0 spiro atoms. The first-order valence-corrected chi connectivity index (χ1v) is 5.85. The fraction of sp³-hybridized carbons (Fsp3) is 0.692. The van der Waals surface area contributed by atoms with Crippen molar-refractivity contribution in [2.24, 2.45) is 0 Å². The van der Waals surface area contributed by atoms with E-state index in [2.05, 4.69) is 32.3 Å². The van der Waals surface area contributed by atoms with Crippen LogP contribution in [0.4, 0.5) is 0 Å². The third-order valence-corrected chi connectivity index (χ3v) is 1.63. The van der Waals surface area contributed by atoms with Gasteiger partial charge in [0.1, 0.15) is 0 Å². The number of allylic oxidation sites excluding steroid dienone is 2. The summed E-state index contributed by atoms with van der Waals surface area (Å²) >= 11 is 0. The molecule has 0 aromatic carbocycles. The lowest BCUT2D eigenvalue weighted by molar-refractivity contribution is 0.201. The third-order valence-electron chi connectivity index (χ3n) is 1.63. The van der Waals surface area contributed by atoms with Crippen LogP contribution in [-0.2, 0) is 4.74 Å². The maximum absolute atomic E-state index is 8.81. The predicted octanol–water partition coefficient (Wildman–Crippen LogP) is 3.39. The molecule has 0 bridgehead atoms. The molecule has 0 aliphatic rings. The lowest BCUT2D eigenvalue weighted by Gasteiger charge is -2.08. The van der Waals surface area contributed by atoms with Crippen LogP contribution >= 0.6 is 0 Å². The summed E-state index contributed by atoms with van der Waals surface area (Å²) in [6.07, 6.45) is 3.64. The fourth-order valence-electron chi connectivity index (χ4n) is 0.924. The number of rotatable bonds is 8. The van der Waals surface area contributed by atoms with Crippen LogP contribution in [0.3, 0.4) is 0 Å². The second-order valence-electron chi connectivity index (χ2n) is 3.65. The van der Waals surface area contributed by atoms with Crippen LogP contribution in [0.5, 0.6) is 0 Å². The minimum absolute atomic E-state index is 0.240. The standard InChI is InChI=1S/C10H19NO2.C3H8/c1-9(11-7-8-13-3)5-4-6-10(2)12;1-3-2/h11-12H,1-2,4-8H2,3H3;3H2,1-2H3. The maximum Gasteiger partial charge on any atom is 0.0851 e. The van der Waals surface area contributed by atoms with Gasteiger partial charge in [-0.1, -0.05) is 33.4 Å². The van der Waals surface area contributed by atoms with Crippen LogP contribution in [0.25, 0.3) is 0 Å². The number of methoxy groups -OCH3 is 1. The van der Waals surface area contributed by atoms with Crippen molar-refractivity contribution in [2.45, 2.75) is 39.5 Å². The van der Waals surface area contributed by atoms with E-state index in [-0.39, 0.29) is 5.76 Å². The Morgan fingerprint density at radius 3 is 2.25 bits per heavy atom. The first-order chi connectivity index (χ1) is 7.58. The van der Waals surface area contributed by atoms with Gasteiger partial charge in [0.25, 0.3) is 0 Å². The Hall–Kier alpha value is -0.960. The monoisotopic (exact) mass is 229 g/mol. The number of ether oxygens (including phenoxy) is 1. The minimum atomic E-state index is 0.240. The van der Waals surface area contributed by atoms with Gasteiger partial charge in [0.2, 0.25) is 0 Å². The van der Waals surface area contributed by atoms with Crippen LogP contribution in [0.2, 0.25) is 0 Å². The van der Waals surface area contributed by atoms with E-state index in [1.807, 2.05) is 0 Å². The predicted molar refractivity (Wildman–Crippen MR) is 70.6 cm³/mol. The topological polar surface area (TPSA) is 41.5 Å². The molecule has 16 heavy (non-hydrogen) atoms. The minimum Gasteiger partial charge on any atom is -0.513 e. The largest absolute Gasteiger partial charge is 0.513 e. The van der Waals surface area contributed by atoms with Crippen molar-refractivity contribution in [1.29, 1.82) is 0 Å². The Balaban J connectivity index is 0. The van der Waals surface area contributed by atoms with Gasteiger partial charge in [-0.3, -0.25) is 0 Å². The molecule has 0 fully saturated rings. The molecular weight excluding hydrogens is 202 g/mol. The quantitative estimate of drug-likeness (QED) is 0.495. The zero-order valence-electron chi connectivity index (χ0n) is 11.0. The average molecular weight is 229 g/mol. The molecule has 2 N–H and O–H groups in total. The smallest absolute Gasteiger partial charge is 0.0851 e. The van der Waals surface area contributed by atoms with Crippen molar-refractivity contribution < 1.29 is 9.84 Å². The zero-order valence-corrected chi connectivity index (χ0v) is 11.0. The highest BCUT2D eigenvalue weighted by atomic mass is 16.5. The highest BCUT2D eigenvalue weighted by Crippen LogP contribution is 2.05. The Morgan fingerprint density at radius 2 is 1.81 bits per heavy atom. The van der Waals surface area contributed by atoms with E-state index in [0.717, 1.165) is 25.1 Å². The number of aliphatic hydroxyl groups is 1. The van der Waals surface area contributed by atoms with Crippen LogP contribution in [0, 0.1) is 0 Å².